The van der Waals surface area contributed by atoms with E-state index in [1.807, 2.05) is 48.7 Å². The van der Waals surface area contributed by atoms with Crippen molar-refractivity contribution in [2.24, 2.45) is 0 Å². The summed E-state index contributed by atoms with van der Waals surface area (Å²) in [6, 6.07) is 63.3. The van der Waals surface area contributed by atoms with Crippen molar-refractivity contribution in [2.45, 2.75) is 31.1 Å². The predicted molar refractivity (Wildman–Crippen MR) is 260 cm³/mol. The van der Waals surface area contributed by atoms with Gasteiger partial charge in [-0.25, -0.2) is 0 Å². The van der Waals surface area contributed by atoms with Gasteiger partial charge < -0.3 is 13.8 Å². The Balaban J connectivity index is 0.000000180. The van der Waals surface area contributed by atoms with Crippen LogP contribution in [0.2, 0.25) is 17.3 Å². The number of hydrogen-bond donors (Lipinski definition) is 0. The van der Waals surface area contributed by atoms with Gasteiger partial charge in [-0.3, -0.25) is 0 Å². The van der Waals surface area contributed by atoms with E-state index in [-0.39, 0.29) is 20.1 Å². The Bertz CT molecular complexity index is 3400. The van der Waals surface area contributed by atoms with E-state index < -0.39 is 13.3 Å². The second-order valence-corrected chi connectivity index (χ2v) is 27.6. The van der Waals surface area contributed by atoms with Crippen LogP contribution in [0.4, 0.5) is 0 Å². The van der Waals surface area contributed by atoms with E-state index in [0.717, 1.165) is 94.2 Å². The monoisotopic (exact) mass is 1060 g/mol. The number of benzene rings is 7. The van der Waals surface area contributed by atoms with Crippen molar-refractivity contribution in [3.63, 3.8) is 0 Å². The summed E-state index contributed by atoms with van der Waals surface area (Å²) in [6.45, 7) is 4.27. The number of nitrogens with zero attached hydrogens (tertiary/aromatic N) is 2. The molecule has 0 saturated heterocycles. The van der Waals surface area contributed by atoms with E-state index in [0.29, 0.717) is 0 Å². The molecule has 0 amide bonds. The van der Waals surface area contributed by atoms with Crippen LogP contribution in [0.25, 0.3) is 99.8 Å². The molecule has 4 aromatic heterocycles. The van der Waals surface area contributed by atoms with E-state index in [4.69, 9.17) is 13.8 Å². The SMILES string of the molecule is Cc1cc(-c2[c-]ccc3c2oc2ccc(-c4cccc5c4oc4ccccc45)cc23)ncc1-c1ccccc1.Cc1cc(-c2cc[c]([Ge]([CH3])([CH3])[CH3])cn2)[c-]cc1-c1ccccc1.[Ir]. The van der Waals surface area contributed by atoms with Gasteiger partial charge in [0.2, 0.25) is 0 Å². The molecule has 0 aliphatic rings. The van der Waals surface area contributed by atoms with Gasteiger partial charge >= 0.3 is 142 Å². The molecule has 7 aromatic carbocycles. The molecule has 0 unspecified atom stereocenters. The van der Waals surface area contributed by atoms with Gasteiger partial charge in [-0.05, 0) is 47.5 Å². The Hall–Kier alpha value is -6.37. The van der Waals surface area contributed by atoms with Crippen molar-refractivity contribution in [2.75, 3.05) is 0 Å². The minimum Gasteiger partial charge on any atom is 0 e. The Morgan fingerprint density at radius 1 is 0.476 bits per heavy atom. The van der Waals surface area contributed by atoms with Gasteiger partial charge in [0.05, 0.1) is 5.58 Å². The summed E-state index contributed by atoms with van der Waals surface area (Å²) in [5.74, 6) is 7.17. The van der Waals surface area contributed by atoms with E-state index in [1.54, 1.807) is 0 Å². The maximum Gasteiger partial charge on any atom is 0 e. The van der Waals surface area contributed by atoms with Crippen molar-refractivity contribution in [3.05, 3.63) is 199 Å². The molecular weight excluding hydrogens is 1010 g/mol. The molecule has 4 nitrogen and oxygen atoms in total. The molecule has 0 N–H and O–H groups in total. The van der Waals surface area contributed by atoms with Crippen molar-refractivity contribution in [1.82, 2.24) is 9.97 Å². The number of aromatic nitrogens is 2. The Labute approximate surface area is 384 Å². The number of pyridine rings is 2. The molecule has 11 rings (SSSR count). The van der Waals surface area contributed by atoms with E-state index in [1.165, 1.54) is 21.1 Å². The second-order valence-electron chi connectivity index (χ2n) is 16.9. The van der Waals surface area contributed by atoms with E-state index in [9.17, 15) is 0 Å². The summed E-state index contributed by atoms with van der Waals surface area (Å²) in [4.78, 5) is 9.50. The van der Waals surface area contributed by atoms with Gasteiger partial charge in [0, 0.05) is 53.6 Å². The number of aryl methyl sites for hydroxylation is 2. The zero-order valence-electron chi connectivity index (χ0n) is 35.8. The predicted octanol–water partition coefficient (Wildman–Crippen LogP) is 15.1. The van der Waals surface area contributed by atoms with Crippen LogP contribution in [0.1, 0.15) is 11.1 Å². The van der Waals surface area contributed by atoms with Crippen molar-refractivity contribution in [1.29, 1.82) is 0 Å². The molecule has 1 radical (unpaired) electrons. The number of hydrogen-bond acceptors (Lipinski definition) is 4. The average molecular weight is 1050 g/mol. The first-order valence-corrected chi connectivity index (χ1v) is 28.4. The summed E-state index contributed by atoms with van der Waals surface area (Å²) in [6.07, 6.45) is 4.00. The summed E-state index contributed by atoms with van der Waals surface area (Å²) < 4.78 is 14.2. The molecule has 11 aromatic rings. The molecule has 63 heavy (non-hydrogen) atoms. The van der Waals surface area contributed by atoms with E-state index in [2.05, 4.69) is 176 Å². The van der Waals surface area contributed by atoms with Gasteiger partial charge in [-0.15, -0.1) is 18.2 Å². The molecule has 0 aliphatic heterocycles. The van der Waals surface area contributed by atoms with Gasteiger partial charge in [-0.1, -0.05) is 89.8 Å². The quantitative estimate of drug-likeness (QED) is 0.123. The van der Waals surface area contributed by atoms with Crippen LogP contribution >= 0.6 is 0 Å². The normalized spacial score (nSPS) is 11.4. The van der Waals surface area contributed by atoms with E-state index >= 15 is 0 Å². The molecule has 309 valence electrons. The zero-order valence-corrected chi connectivity index (χ0v) is 40.3. The topological polar surface area (TPSA) is 52.1 Å². The standard InChI is InChI=1S/C36H22NO2.C21H22GeN.Ir/c1-22-19-32(37-21-31(22)23-9-3-2-4-10-23)29-15-8-14-28-30-20-24(17-18-34(30)39-36(28)29)25-12-7-13-27-26-11-5-6-16-33(26)38-35(25)27;1-16-14-18(10-12-20(16)17-8-6-5-7-9-17)21-13-11-19(15-23-21)22(2,3)4;/h2-14,16-21H,1H3;5-9,11-15H,1-4H3;/q2*-1;. The largest absolute Gasteiger partial charge is 0 e. The maximum absolute atomic E-state index is 6.42. The zero-order chi connectivity index (χ0) is 42.4. The van der Waals surface area contributed by atoms with Gasteiger partial charge in [0.1, 0.15) is 16.7 Å². The number of fused-ring (bicyclic) bond motifs is 6. The van der Waals surface area contributed by atoms with Crippen molar-refractivity contribution >= 4 is 61.5 Å². The van der Waals surface area contributed by atoms with Crippen LogP contribution in [0.5, 0.6) is 0 Å². The molecule has 0 atom stereocenters. The average Bonchev–Trinajstić information content (AvgIpc) is 3.88. The van der Waals surface area contributed by atoms with Crippen LogP contribution in [-0.2, 0) is 20.1 Å². The fourth-order valence-electron chi connectivity index (χ4n) is 8.36. The molecule has 0 spiro atoms. The molecule has 6 heteroatoms. The van der Waals surface area contributed by atoms with Crippen LogP contribution in [0.3, 0.4) is 0 Å². The molecule has 0 bridgehead atoms. The Morgan fingerprint density at radius 3 is 1.84 bits per heavy atom. The first-order chi connectivity index (χ1) is 30.2. The summed E-state index contributed by atoms with van der Waals surface area (Å²) in [7, 11) is 0. The molecule has 4 heterocycles. The third-order valence-electron chi connectivity index (χ3n) is 11.7. The first kappa shape index (κ1) is 42.0. The first-order valence-electron chi connectivity index (χ1n) is 21.0. The van der Waals surface area contributed by atoms with Gasteiger partial charge in [0.25, 0.3) is 0 Å². The summed E-state index contributed by atoms with van der Waals surface area (Å²) in [5, 5.41) is 4.36. The molecule has 0 saturated carbocycles. The number of para-hydroxylation sites is 2. The van der Waals surface area contributed by atoms with Gasteiger partial charge in [0.15, 0.2) is 0 Å². The second kappa shape index (κ2) is 17.4. The third-order valence-corrected chi connectivity index (χ3v) is 16.0. The minimum atomic E-state index is -1.79. The Morgan fingerprint density at radius 2 is 1.13 bits per heavy atom. The van der Waals surface area contributed by atoms with Gasteiger partial charge in [-0.2, -0.15) is 0 Å². The van der Waals surface area contributed by atoms with Crippen LogP contribution < -0.4 is 4.40 Å². The molecular formula is C57H44GeIrN2O2-2. The number of rotatable bonds is 6. The maximum atomic E-state index is 6.42. The van der Waals surface area contributed by atoms with Crippen LogP contribution in [0, 0.1) is 26.0 Å². The Kier molecular flexibility index (Phi) is 11.6. The molecule has 0 fully saturated rings. The van der Waals surface area contributed by atoms with Crippen LogP contribution in [0.15, 0.2) is 185 Å². The van der Waals surface area contributed by atoms with Crippen molar-refractivity contribution in [3.8, 4) is 55.9 Å². The fourth-order valence-corrected chi connectivity index (χ4v) is 10.5. The molecule has 0 aliphatic carbocycles. The summed E-state index contributed by atoms with van der Waals surface area (Å²) >= 11 is -1.79. The third kappa shape index (κ3) is 8.21. The smallest absolute Gasteiger partial charge is 0 e. The van der Waals surface area contributed by atoms with Crippen molar-refractivity contribution < 1.29 is 28.9 Å². The fraction of sp³-hybridized carbons (Fsp3) is 0.0877. The minimum absolute atomic E-state index is 0. The van der Waals surface area contributed by atoms with Crippen LogP contribution in [-0.4, -0.2) is 23.2 Å². The summed E-state index contributed by atoms with van der Waals surface area (Å²) in [5.41, 5.74) is 16.5. The number of furan rings is 2.